The van der Waals surface area contributed by atoms with Gasteiger partial charge in [-0.15, -0.1) is 18.3 Å². The fraction of sp³-hybridized carbons (Fsp3) is 0.333. The van der Waals surface area contributed by atoms with Crippen molar-refractivity contribution in [1.29, 1.82) is 0 Å². The zero-order valence-electron chi connectivity index (χ0n) is 25.3. The maximum absolute atomic E-state index is 12.7. The number of carbonyl (C=O) groups is 1. The molecule has 1 aromatic heterocycles. The van der Waals surface area contributed by atoms with Crippen LogP contribution in [-0.2, 0) is 6.42 Å². The standard InChI is InChI=1S/C33H35F3N6O2S/c1-22(16-17-37-31(43)39-32-41(18-5-19-45-32)29-23(2)6-4-7-24(29)3)20-25-8-10-26(11-9-25)30-38-21-42(40-30)27-12-14-28(15-13-27)44-33(34,35)36/h4,6-15,21-22H,5,16-20H2,1-3H3,(H,37,43). The van der Waals surface area contributed by atoms with Gasteiger partial charge in [-0.05, 0) is 80.0 Å². The van der Waals surface area contributed by atoms with Crippen molar-refractivity contribution in [3.05, 3.63) is 89.7 Å². The van der Waals surface area contributed by atoms with Gasteiger partial charge in [-0.2, -0.15) is 4.99 Å². The molecule has 3 aromatic carbocycles. The van der Waals surface area contributed by atoms with E-state index in [1.165, 1.54) is 46.4 Å². The molecule has 2 amide bonds. The SMILES string of the molecule is Cc1cccc(C)c1N1CCCSC1=NC(=O)NCCC(C)Cc1ccc(-c2ncn(-c3ccc(OC(F)(F)F)cc3)n2)cc1. The van der Waals surface area contributed by atoms with Gasteiger partial charge in [0.1, 0.15) is 12.1 Å². The predicted molar refractivity (Wildman–Crippen MR) is 172 cm³/mol. The number of amides is 2. The molecule has 0 bridgehead atoms. The number of benzene rings is 3. The van der Waals surface area contributed by atoms with Gasteiger partial charge in [0.15, 0.2) is 11.0 Å². The number of urea groups is 1. The minimum atomic E-state index is -4.74. The number of aryl methyl sites for hydroxylation is 2. The maximum atomic E-state index is 12.7. The Morgan fingerprint density at radius 2 is 1.78 bits per heavy atom. The summed E-state index contributed by atoms with van der Waals surface area (Å²) < 4.78 is 42.7. The summed E-state index contributed by atoms with van der Waals surface area (Å²) in [5.74, 6) is 1.48. The molecule has 1 N–H and O–H groups in total. The molecule has 1 unspecified atom stereocenters. The largest absolute Gasteiger partial charge is 0.573 e. The van der Waals surface area contributed by atoms with Crippen LogP contribution in [0.3, 0.4) is 0 Å². The second-order valence-corrected chi connectivity index (χ2v) is 12.1. The number of nitrogens with one attached hydrogen (secondary N) is 1. The molecule has 1 aliphatic rings. The summed E-state index contributed by atoms with van der Waals surface area (Å²) in [6, 6.07) is 19.3. The summed E-state index contributed by atoms with van der Waals surface area (Å²) in [6.07, 6.45) is -0.535. The molecule has 12 heteroatoms. The quantitative estimate of drug-likeness (QED) is 0.203. The Balaban J connectivity index is 1.11. The average Bonchev–Trinajstić information content (AvgIpc) is 3.48. The minimum Gasteiger partial charge on any atom is -0.406 e. The second kappa shape index (κ2) is 14.2. The van der Waals surface area contributed by atoms with E-state index in [-0.39, 0.29) is 11.8 Å². The Labute approximate surface area is 264 Å². The maximum Gasteiger partial charge on any atom is 0.573 e. The number of thioether (sulfide) groups is 1. The number of para-hydroxylation sites is 1. The van der Waals surface area contributed by atoms with Gasteiger partial charge in [-0.25, -0.2) is 14.5 Å². The number of amidine groups is 1. The van der Waals surface area contributed by atoms with E-state index in [0.29, 0.717) is 24.0 Å². The zero-order valence-corrected chi connectivity index (χ0v) is 26.2. The number of aromatic nitrogens is 3. The van der Waals surface area contributed by atoms with E-state index in [2.05, 4.69) is 62.9 Å². The van der Waals surface area contributed by atoms with E-state index >= 15 is 0 Å². The third kappa shape index (κ3) is 8.65. The Bertz CT molecular complexity index is 1620. The lowest BCUT2D eigenvalue weighted by atomic mass is 9.97. The molecule has 5 rings (SSSR count). The first-order valence-electron chi connectivity index (χ1n) is 14.8. The lowest BCUT2D eigenvalue weighted by molar-refractivity contribution is -0.274. The van der Waals surface area contributed by atoms with E-state index in [0.717, 1.165) is 53.5 Å². The molecule has 1 saturated heterocycles. The van der Waals surface area contributed by atoms with Crippen molar-refractivity contribution >= 4 is 28.6 Å². The van der Waals surface area contributed by atoms with Crippen LogP contribution >= 0.6 is 11.8 Å². The van der Waals surface area contributed by atoms with Crippen molar-refractivity contribution < 1.29 is 22.7 Å². The number of alkyl halides is 3. The number of aliphatic imine (C=N–C) groups is 1. The van der Waals surface area contributed by atoms with Crippen molar-refractivity contribution in [2.45, 2.75) is 46.4 Å². The normalized spacial score (nSPS) is 15.2. The Hall–Kier alpha value is -4.32. The van der Waals surface area contributed by atoms with Crippen molar-refractivity contribution in [1.82, 2.24) is 20.1 Å². The number of nitrogens with zero attached hydrogens (tertiary/aromatic N) is 5. The van der Waals surface area contributed by atoms with Gasteiger partial charge in [-0.1, -0.05) is 61.2 Å². The van der Waals surface area contributed by atoms with E-state index in [4.69, 9.17) is 0 Å². The van der Waals surface area contributed by atoms with E-state index in [1.807, 2.05) is 30.3 Å². The fourth-order valence-corrected chi connectivity index (χ4v) is 6.20. The fourth-order valence-electron chi connectivity index (χ4n) is 5.26. The first-order chi connectivity index (χ1) is 21.6. The summed E-state index contributed by atoms with van der Waals surface area (Å²) in [6.45, 7) is 7.71. The van der Waals surface area contributed by atoms with Crippen LogP contribution in [0.1, 0.15) is 36.5 Å². The third-order valence-electron chi connectivity index (χ3n) is 7.43. The highest BCUT2D eigenvalue weighted by Crippen LogP contribution is 2.31. The highest BCUT2D eigenvalue weighted by atomic mass is 32.2. The average molecular weight is 637 g/mol. The number of halogens is 3. The number of hydrogen-bond acceptors (Lipinski definition) is 5. The number of carbonyl (C=O) groups excluding carboxylic acids is 1. The van der Waals surface area contributed by atoms with Gasteiger partial charge < -0.3 is 15.0 Å². The van der Waals surface area contributed by atoms with Gasteiger partial charge in [0.2, 0.25) is 0 Å². The van der Waals surface area contributed by atoms with Crippen molar-refractivity contribution in [2.75, 3.05) is 23.7 Å². The van der Waals surface area contributed by atoms with Crippen LogP contribution in [0.25, 0.3) is 17.1 Å². The number of ether oxygens (including phenoxy) is 1. The number of hydrogen-bond donors (Lipinski definition) is 1. The highest BCUT2D eigenvalue weighted by molar-refractivity contribution is 8.14. The molecular formula is C33H35F3N6O2S. The summed E-state index contributed by atoms with van der Waals surface area (Å²) in [7, 11) is 0. The van der Waals surface area contributed by atoms with Gasteiger partial charge in [0, 0.05) is 30.1 Å². The van der Waals surface area contributed by atoms with Crippen LogP contribution in [-0.4, -0.2) is 51.2 Å². The van der Waals surface area contributed by atoms with Crippen molar-refractivity contribution in [3.63, 3.8) is 0 Å². The van der Waals surface area contributed by atoms with Crippen LogP contribution in [0.4, 0.5) is 23.7 Å². The van der Waals surface area contributed by atoms with Gasteiger partial charge >= 0.3 is 12.4 Å². The first kappa shape index (κ1) is 32.1. The summed E-state index contributed by atoms with van der Waals surface area (Å²) in [5.41, 5.74) is 6.01. The molecule has 2 heterocycles. The molecule has 0 spiro atoms. The minimum absolute atomic E-state index is 0.299. The van der Waals surface area contributed by atoms with E-state index in [9.17, 15) is 18.0 Å². The van der Waals surface area contributed by atoms with E-state index < -0.39 is 6.36 Å². The van der Waals surface area contributed by atoms with Crippen LogP contribution in [0.2, 0.25) is 0 Å². The third-order valence-corrected chi connectivity index (χ3v) is 8.49. The predicted octanol–water partition coefficient (Wildman–Crippen LogP) is 7.73. The van der Waals surface area contributed by atoms with Crippen molar-refractivity contribution in [3.8, 4) is 22.8 Å². The summed E-state index contributed by atoms with van der Waals surface area (Å²) in [5, 5.41) is 8.17. The number of rotatable bonds is 9. The Morgan fingerprint density at radius 1 is 1.07 bits per heavy atom. The first-order valence-corrected chi connectivity index (χ1v) is 15.7. The van der Waals surface area contributed by atoms with E-state index in [1.54, 1.807) is 11.8 Å². The lowest BCUT2D eigenvalue weighted by Gasteiger charge is -2.31. The summed E-state index contributed by atoms with van der Waals surface area (Å²) >= 11 is 1.62. The Kier molecular flexibility index (Phi) is 10.1. The Morgan fingerprint density at radius 3 is 2.47 bits per heavy atom. The molecule has 4 aromatic rings. The molecular weight excluding hydrogens is 601 g/mol. The van der Waals surface area contributed by atoms with Crippen LogP contribution in [0, 0.1) is 19.8 Å². The van der Waals surface area contributed by atoms with Crippen LogP contribution in [0.5, 0.6) is 5.75 Å². The van der Waals surface area contributed by atoms with Gasteiger partial charge in [0.05, 0.1) is 5.69 Å². The molecule has 1 aliphatic heterocycles. The molecule has 0 aliphatic carbocycles. The second-order valence-electron chi connectivity index (χ2n) is 11.1. The molecule has 45 heavy (non-hydrogen) atoms. The van der Waals surface area contributed by atoms with Gasteiger partial charge in [0.25, 0.3) is 0 Å². The summed E-state index contributed by atoms with van der Waals surface area (Å²) in [4.78, 5) is 23.7. The van der Waals surface area contributed by atoms with Crippen molar-refractivity contribution in [2.24, 2.45) is 10.9 Å². The molecule has 0 radical (unpaired) electrons. The molecule has 8 nitrogen and oxygen atoms in total. The number of anilines is 1. The molecule has 0 saturated carbocycles. The lowest BCUT2D eigenvalue weighted by Crippen LogP contribution is -2.36. The topological polar surface area (TPSA) is 84.6 Å². The highest BCUT2D eigenvalue weighted by Gasteiger charge is 2.31. The van der Waals surface area contributed by atoms with Gasteiger partial charge in [-0.3, -0.25) is 0 Å². The zero-order chi connectivity index (χ0) is 32.0. The smallest absolute Gasteiger partial charge is 0.406 e. The van der Waals surface area contributed by atoms with Crippen LogP contribution < -0.4 is 15.0 Å². The molecule has 1 fully saturated rings. The molecule has 1 atom stereocenters. The van der Waals surface area contributed by atoms with Crippen LogP contribution in [0.15, 0.2) is 78.0 Å². The molecule has 236 valence electrons. The monoisotopic (exact) mass is 636 g/mol.